The molecular formula is C14H12FN5O. The number of aromatic hydroxyl groups is 1. The summed E-state index contributed by atoms with van der Waals surface area (Å²) < 4.78 is 12.9. The van der Waals surface area contributed by atoms with Gasteiger partial charge in [-0.2, -0.15) is 15.4 Å². The number of pyridine rings is 1. The third-order valence-corrected chi connectivity index (χ3v) is 2.99. The molecule has 1 aromatic carbocycles. The van der Waals surface area contributed by atoms with Crippen molar-refractivity contribution >= 4 is 5.82 Å². The Kier molecular flexibility index (Phi) is 3.46. The summed E-state index contributed by atoms with van der Waals surface area (Å²) in [5.74, 6) is 0.0360. The normalized spacial score (nSPS) is 10.5. The van der Waals surface area contributed by atoms with Crippen LogP contribution in [0.15, 0.2) is 42.7 Å². The van der Waals surface area contributed by atoms with Crippen LogP contribution >= 0.6 is 0 Å². The fraction of sp³-hybridized carbons (Fsp3) is 0.0714. The second-order valence-electron chi connectivity index (χ2n) is 4.38. The molecule has 0 amide bonds. The third kappa shape index (κ3) is 2.81. The summed E-state index contributed by atoms with van der Waals surface area (Å²) in [6.07, 6.45) is 3.24. The number of phenolic OH excluding ortho intramolecular Hbond substituents is 1. The number of benzene rings is 1. The van der Waals surface area contributed by atoms with E-state index in [-0.39, 0.29) is 5.75 Å². The molecule has 0 aliphatic rings. The SMILES string of the molecule is Oc1cc(F)ccc1CNc1ncccc1-c1cn[nH]n1. The van der Waals surface area contributed by atoms with Gasteiger partial charge < -0.3 is 10.4 Å². The lowest BCUT2D eigenvalue weighted by molar-refractivity contribution is 0.463. The molecule has 0 aliphatic heterocycles. The molecule has 0 fully saturated rings. The lowest BCUT2D eigenvalue weighted by Crippen LogP contribution is -2.03. The van der Waals surface area contributed by atoms with Crippen LogP contribution in [0.2, 0.25) is 0 Å². The first kappa shape index (κ1) is 13.0. The highest BCUT2D eigenvalue weighted by Gasteiger charge is 2.09. The van der Waals surface area contributed by atoms with Gasteiger partial charge in [0.15, 0.2) is 0 Å². The molecule has 0 unspecified atom stereocenters. The maximum atomic E-state index is 12.9. The number of aromatic amines is 1. The van der Waals surface area contributed by atoms with Crippen molar-refractivity contribution in [2.75, 3.05) is 5.32 Å². The third-order valence-electron chi connectivity index (χ3n) is 2.99. The Labute approximate surface area is 119 Å². The van der Waals surface area contributed by atoms with Crippen molar-refractivity contribution in [3.05, 3.63) is 54.1 Å². The number of H-pyrrole nitrogens is 1. The summed E-state index contributed by atoms with van der Waals surface area (Å²) in [6.45, 7) is 0.313. The number of nitrogens with zero attached hydrogens (tertiary/aromatic N) is 3. The highest BCUT2D eigenvalue weighted by Crippen LogP contribution is 2.25. The molecule has 3 aromatic rings. The summed E-state index contributed by atoms with van der Waals surface area (Å²) >= 11 is 0. The molecule has 3 rings (SSSR count). The van der Waals surface area contributed by atoms with Gasteiger partial charge in [0.05, 0.1) is 6.20 Å². The molecule has 3 N–H and O–H groups in total. The van der Waals surface area contributed by atoms with E-state index in [2.05, 4.69) is 25.7 Å². The van der Waals surface area contributed by atoms with E-state index in [0.717, 1.165) is 11.6 Å². The zero-order valence-electron chi connectivity index (χ0n) is 10.9. The standard InChI is InChI=1S/C14H12FN5O/c15-10-4-3-9(13(21)6-10)7-17-14-11(2-1-5-16-14)12-8-18-20-19-12/h1-6,8,21H,7H2,(H,16,17)(H,18,19,20). The Bertz CT molecular complexity index is 745. The first-order valence-electron chi connectivity index (χ1n) is 6.26. The lowest BCUT2D eigenvalue weighted by Gasteiger charge is -2.10. The van der Waals surface area contributed by atoms with Crippen molar-refractivity contribution in [3.8, 4) is 17.0 Å². The molecule has 0 spiro atoms. The summed E-state index contributed by atoms with van der Waals surface area (Å²) in [6, 6.07) is 7.56. The van der Waals surface area contributed by atoms with Crippen molar-refractivity contribution in [1.82, 2.24) is 20.4 Å². The minimum Gasteiger partial charge on any atom is -0.507 e. The lowest BCUT2D eigenvalue weighted by atomic mass is 10.1. The molecule has 21 heavy (non-hydrogen) atoms. The Morgan fingerprint density at radius 3 is 2.95 bits per heavy atom. The van der Waals surface area contributed by atoms with E-state index >= 15 is 0 Å². The minimum atomic E-state index is -0.475. The van der Waals surface area contributed by atoms with E-state index < -0.39 is 5.82 Å². The van der Waals surface area contributed by atoms with E-state index in [1.165, 1.54) is 12.1 Å². The van der Waals surface area contributed by atoms with Crippen molar-refractivity contribution in [3.63, 3.8) is 0 Å². The molecule has 7 heteroatoms. The number of nitrogens with one attached hydrogen (secondary N) is 2. The van der Waals surface area contributed by atoms with Gasteiger partial charge in [-0.15, -0.1) is 0 Å². The topological polar surface area (TPSA) is 86.7 Å². The van der Waals surface area contributed by atoms with Gasteiger partial charge in [-0.05, 0) is 18.2 Å². The van der Waals surface area contributed by atoms with Gasteiger partial charge in [-0.1, -0.05) is 6.07 Å². The number of phenols is 1. The maximum absolute atomic E-state index is 12.9. The van der Waals surface area contributed by atoms with Crippen LogP contribution in [0.5, 0.6) is 5.75 Å². The Hall–Kier alpha value is -2.96. The molecule has 0 radical (unpaired) electrons. The zero-order chi connectivity index (χ0) is 14.7. The van der Waals surface area contributed by atoms with Gasteiger partial charge in [0.1, 0.15) is 23.1 Å². The van der Waals surface area contributed by atoms with Gasteiger partial charge in [-0.25, -0.2) is 9.37 Å². The molecule has 0 bridgehead atoms. The van der Waals surface area contributed by atoms with Crippen LogP contribution in [0.1, 0.15) is 5.56 Å². The first-order chi connectivity index (χ1) is 10.2. The van der Waals surface area contributed by atoms with Crippen molar-refractivity contribution in [1.29, 1.82) is 0 Å². The van der Waals surface area contributed by atoms with E-state index in [1.54, 1.807) is 18.5 Å². The smallest absolute Gasteiger partial charge is 0.135 e. The van der Waals surface area contributed by atoms with Crippen LogP contribution in [0.4, 0.5) is 10.2 Å². The van der Waals surface area contributed by atoms with E-state index in [0.29, 0.717) is 23.6 Å². The molecule has 0 saturated carbocycles. The van der Waals surface area contributed by atoms with Crippen molar-refractivity contribution in [2.24, 2.45) is 0 Å². The summed E-state index contributed by atoms with van der Waals surface area (Å²) in [5.41, 5.74) is 2.02. The van der Waals surface area contributed by atoms with Crippen LogP contribution in [0, 0.1) is 5.82 Å². The highest BCUT2D eigenvalue weighted by atomic mass is 19.1. The Morgan fingerprint density at radius 2 is 2.19 bits per heavy atom. The monoisotopic (exact) mass is 285 g/mol. The van der Waals surface area contributed by atoms with Gasteiger partial charge in [0.2, 0.25) is 0 Å². The number of hydrogen-bond donors (Lipinski definition) is 3. The predicted octanol–water partition coefficient (Wildman–Crippen LogP) is 2.32. The first-order valence-corrected chi connectivity index (χ1v) is 6.26. The zero-order valence-corrected chi connectivity index (χ0v) is 10.9. The molecule has 0 aliphatic carbocycles. The number of hydrogen-bond acceptors (Lipinski definition) is 5. The minimum absolute atomic E-state index is 0.0959. The summed E-state index contributed by atoms with van der Waals surface area (Å²) in [4.78, 5) is 4.25. The summed E-state index contributed by atoms with van der Waals surface area (Å²) in [5, 5.41) is 23.1. The Morgan fingerprint density at radius 1 is 1.29 bits per heavy atom. The summed E-state index contributed by atoms with van der Waals surface area (Å²) in [7, 11) is 0. The van der Waals surface area contributed by atoms with Crippen molar-refractivity contribution in [2.45, 2.75) is 6.54 Å². The maximum Gasteiger partial charge on any atom is 0.135 e. The predicted molar refractivity (Wildman–Crippen MR) is 75.0 cm³/mol. The fourth-order valence-electron chi connectivity index (χ4n) is 1.95. The molecule has 0 saturated heterocycles. The quantitative estimate of drug-likeness (QED) is 0.685. The van der Waals surface area contributed by atoms with Gasteiger partial charge in [0.25, 0.3) is 0 Å². The van der Waals surface area contributed by atoms with Gasteiger partial charge >= 0.3 is 0 Å². The number of rotatable bonds is 4. The van der Waals surface area contributed by atoms with Gasteiger partial charge in [0, 0.05) is 29.9 Å². The molecule has 6 nitrogen and oxygen atoms in total. The van der Waals surface area contributed by atoms with Crippen molar-refractivity contribution < 1.29 is 9.50 Å². The van der Waals surface area contributed by atoms with Crippen LogP contribution < -0.4 is 5.32 Å². The second-order valence-corrected chi connectivity index (χ2v) is 4.38. The van der Waals surface area contributed by atoms with Crippen LogP contribution in [-0.2, 0) is 6.54 Å². The number of anilines is 1. The average molecular weight is 285 g/mol. The highest BCUT2D eigenvalue weighted by molar-refractivity contribution is 5.71. The largest absolute Gasteiger partial charge is 0.507 e. The van der Waals surface area contributed by atoms with E-state index in [4.69, 9.17) is 0 Å². The van der Waals surface area contributed by atoms with E-state index in [1.807, 2.05) is 6.07 Å². The molecule has 2 aromatic heterocycles. The fourth-order valence-corrected chi connectivity index (χ4v) is 1.95. The molecular weight excluding hydrogens is 273 g/mol. The molecule has 106 valence electrons. The van der Waals surface area contributed by atoms with Crippen LogP contribution in [0.3, 0.4) is 0 Å². The van der Waals surface area contributed by atoms with Crippen LogP contribution in [-0.4, -0.2) is 25.5 Å². The van der Waals surface area contributed by atoms with E-state index in [9.17, 15) is 9.50 Å². The Balaban J connectivity index is 1.83. The van der Waals surface area contributed by atoms with Crippen LogP contribution in [0.25, 0.3) is 11.3 Å². The second kappa shape index (κ2) is 5.58. The number of halogens is 1. The molecule has 0 atom stereocenters. The molecule has 2 heterocycles. The number of aromatic nitrogens is 4. The average Bonchev–Trinajstić information content (AvgIpc) is 3.01. The van der Waals surface area contributed by atoms with Gasteiger partial charge in [-0.3, -0.25) is 0 Å².